The number of rotatable bonds is 6. The third-order valence-electron chi connectivity index (χ3n) is 3.24. The molecule has 0 aliphatic carbocycles. The van der Waals surface area contributed by atoms with E-state index in [9.17, 15) is 29.9 Å². The Bertz CT molecular complexity index is 894. The summed E-state index contributed by atoms with van der Waals surface area (Å²) in [4.78, 5) is 33.7. The van der Waals surface area contributed by atoms with Crippen molar-refractivity contribution < 1.29 is 34.2 Å². The number of phenols is 2. The molecule has 26 heavy (non-hydrogen) atoms. The van der Waals surface area contributed by atoms with Crippen molar-refractivity contribution in [2.45, 2.75) is 33.0 Å². The Morgan fingerprint density at radius 2 is 2.04 bits per heavy atom. The minimum atomic E-state index is -1.18. The maximum absolute atomic E-state index is 12.3. The van der Waals surface area contributed by atoms with E-state index in [1.165, 1.54) is 6.92 Å². The first-order valence-electron chi connectivity index (χ1n) is 7.39. The maximum Gasteiger partial charge on any atom is 0.352 e. The van der Waals surface area contributed by atoms with E-state index in [2.05, 4.69) is 0 Å². The van der Waals surface area contributed by atoms with E-state index in [-0.39, 0.29) is 26.4 Å². The van der Waals surface area contributed by atoms with Crippen LogP contribution < -0.4 is 0 Å². The zero-order valence-corrected chi connectivity index (χ0v) is 15.2. The molecule has 2 aromatic rings. The Morgan fingerprint density at radius 3 is 2.62 bits per heavy atom. The van der Waals surface area contributed by atoms with Gasteiger partial charge in [0.2, 0.25) is 12.0 Å². The number of carbonyl (C=O) groups is 2. The standard InChI is InChI=1S/C15H14ClNO8S/c1-3-4-9(19)24-6(2)25-15(21)14-10(16)7-5-8(18)12(20)11(17(22)23)13(7)26-14/h5-6,18,20H,3-4H2,1-2H3. The minimum absolute atomic E-state index is 0.0150. The van der Waals surface area contributed by atoms with Crippen molar-refractivity contribution in [3.05, 3.63) is 26.1 Å². The van der Waals surface area contributed by atoms with Gasteiger partial charge in [0, 0.05) is 18.7 Å². The van der Waals surface area contributed by atoms with Gasteiger partial charge in [-0.25, -0.2) is 4.79 Å². The molecule has 140 valence electrons. The molecule has 1 atom stereocenters. The van der Waals surface area contributed by atoms with Crippen LogP contribution >= 0.6 is 22.9 Å². The lowest BCUT2D eigenvalue weighted by molar-refractivity contribution is -0.383. The normalized spacial score (nSPS) is 12.0. The van der Waals surface area contributed by atoms with Gasteiger partial charge in [-0.05, 0) is 12.5 Å². The van der Waals surface area contributed by atoms with Crippen molar-refractivity contribution in [1.29, 1.82) is 0 Å². The Morgan fingerprint density at radius 1 is 1.38 bits per heavy atom. The minimum Gasteiger partial charge on any atom is -0.504 e. The topological polar surface area (TPSA) is 136 Å². The number of nitrogens with zero attached hydrogens (tertiary/aromatic N) is 1. The molecule has 1 heterocycles. The Hall–Kier alpha value is -2.59. The first kappa shape index (κ1) is 19.7. The van der Waals surface area contributed by atoms with Crippen LogP contribution in [0.4, 0.5) is 5.69 Å². The average Bonchev–Trinajstić information content (AvgIpc) is 2.84. The van der Waals surface area contributed by atoms with Gasteiger partial charge in [-0.2, -0.15) is 0 Å². The summed E-state index contributed by atoms with van der Waals surface area (Å²) in [6.45, 7) is 3.12. The number of nitro groups is 1. The summed E-state index contributed by atoms with van der Waals surface area (Å²) < 4.78 is 9.76. The van der Waals surface area contributed by atoms with Gasteiger partial charge in [0.25, 0.3) is 0 Å². The number of hydrogen-bond acceptors (Lipinski definition) is 9. The predicted octanol–water partition coefficient (Wildman–Crippen LogP) is 3.72. The van der Waals surface area contributed by atoms with Crippen LogP contribution in [-0.2, 0) is 14.3 Å². The predicted molar refractivity (Wildman–Crippen MR) is 92.7 cm³/mol. The number of benzene rings is 1. The summed E-state index contributed by atoms with van der Waals surface area (Å²) >= 11 is 6.70. The molecule has 2 rings (SSSR count). The lowest BCUT2D eigenvalue weighted by Crippen LogP contribution is -2.21. The van der Waals surface area contributed by atoms with E-state index in [0.717, 1.165) is 6.07 Å². The molecule has 0 amide bonds. The van der Waals surface area contributed by atoms with Crippen molar-refractivity contribution in [3.63, 3.8) is 0 Å². The first-order valence-corrected chi connectivity index (χ1v) is 8.58. The molecule has 2 N–H and O–H groups in total. The fourth-order valence-corrected chi connectivity index (χ4v) is 3.61. The second kappa shape index (κ2) is 7.75. The smallest absolute Gasteiger partial charge is 0.352 e. The summed E-state index contributed by atoms with van der Waals surface area (Å²) in [6.07, 6.45) is -0.450. The second-order valence-electron chi connectivity index (χ2n) is 5.18. The molecule has 0 spiro atoms. The molecule has 1 unspecified atom stereocenters. The molecule has 0 radical (unpaired) electrons. The lowest BCUT2D eigenvalue weighted by atomic mass is 10.2. The summed E-state index contributed by atoms with van der Waals surface area (Å²) in [5, 5.41) is 30.3. The van der Waals surface area contributed by atoms with E-state index in [4.69, 9.17) is 21.1 Å². The van der Waals surface area contributed by atoms with Gasteiger partial charge in [-0.1, -0.05) is 18.5 Å². The fraction of sp³-hybridized carbons (Fsp3) is 0.333. The second-order valence-corrected chi connectivity index (χ2v) is 6.58. The molecule has 11 heteroatoms. The van der Waals surface area contributed by atoms with Crippen molar-refractivity contribution in [3.8, 4) is 11.5 Å². The van der Waals surface area contributed by atoms with Crippen LogP contribution in [0.5, 0.6) is 11.5 Å². The van der Waals surface area contributed by atoms with Crippen LogP contribution in [0.1, 0.15) is 36.4 Å². The molecule has 0 fully saturated rings. The van der Waals surface area contributed by atoms with Gasteiger partial charge in [-0.15, -0.1) is 11.3 Å². The number of nitro benzene ring substituents is 1. The number of aromatic hydroxyl groups is 2. The number of phenolic OH excluding ortho intramolecular Hbond substituents is 2. The van der Waals surface area contributed by atoms with Gasteiger partial charge in [0.1, 0.15) is 9.58 Å². The molecule has 0 saturated heterocycles. The van der Waals surface area contributed by atoms with Crippen LogP contribution in [0.15, 0.2) is 6.07 Å². The lowest BCUT2D eigenvalue weighted by Gasteiger charge is -2.13. The molecule has 0 aliphatic heterocycles. The number of ether oxygens (including phenoxy) is 2. The van der Waals surface area contributed by atoms with Crippen molar-refractivity contribution in [2.24, 2.45) is 0 Å². The molecular formula is C15H14ClNO8S. The molecule has 1 aromatic heterocycles. The van der Waals surface area contributed by atoms with Crippen molar-refractivity contribution in [1.82, 2.24) is 0 Å². The largest absolute Gasteiger partial charge is 0.504 e. The number of fused-ring (bicyclic) bond motifs is 1. The van der Waals surface area contributed by atoms with Gasteiger partial charge in [-0.3, -0.25) is 14.9 Å². The average molecular weight is 404 g/mol. The molecule has 1 aromatic carbocycles. The van der Waals surface area contributed by atoms with E-state index < -0.39 is 40.3 Å². The summed E-state index contributed by atoms with van der Waals surface area (Å²) in [6, 6.07) is 1.01. The third-order valence-corrected chi connectivity index (χ3v) is 4.94. The monoisotopic (exact) mass is 403 g/mol. The Labute approximate surface area is 155 Å². The highest BCUT2D eigenvalue weighted by Gasteiger charge is 2.30. The fourth-order valence-electron chi connectivity index (χ4n) is 2.14. The van der Waals surface area contributed by atoms with Crippen molar-refractivity contribution >= 4 is 50.6 Å². The van der Waals surface area contributed by atoms with E-state index in [1.54, 1.807) is 6.92 Å². The number of carbonyl (C=O) groups excluding carboxylic acids is 2. The number of esters is 2. The Balaban J connectivity index is 2.37. The zero-order chi connectivity index (χ0) is 19.6. The first-order chi connectivity index (χ1) is 12.2. The van der Waals surface area contributed by atoms with Gasteiger partial charge >= 0.3 is 17.6 Å². The number of thiophene rings is 1. The summed E-state index contributed by atoms with van der Waals surface area (Å²) in [7, 11) is 0. The zero-order valence-electron chi connectivity index (χ0n) is 13.6. The molecular weight excluding hydrogens is 390 g/mol. The van der Waals surface area contributed by atoms with Crippen LogP contribution in [0.2, 0.25) is 5.02 Å². The van der Waals surface area contributed by atoms with Gasteiger partial charge < -0.3 is 19.7 Å². The summed E-state index contributed by atoms with van der Waals surface area (Å²) in [5.74, 6) is -3.17. The van der Waals surface area contributed by atoms with Crippen LogP contribution in [0.25, 0.3) is 10.1 Å². The highest BCUT2D eigenvalue weighted by atomic mass is 35.5. The van der Waals surface area contributed by atoms with Crippen molar-refractivity contribution in [2.75, 3.05) is 0 Å². The highest BCUT2D eigenvalue weighted by Crippen LogP contribution is 2.48. The highest BCUT2D eigenvalue weighted by molar-refractivity contribution is 7.22. The SMILES string of the molecule is CCCC(=O)OC(C)OC(=O)c1sc2c([N+](=O)[O-])c(O)c(O)cc2c1Cl. The molecule has 0 saturated carbocycles. The van der Waals surface area contributed by atoms with Gasteiger partial charge in [0.05, 0.1) is 9.95 Å². The van der Waals surface area contributed by atoms with Crippen LogP contribution in [0, 0.1) is 10.1 Å². The van der Waals surface area contributed by atoms with Crippen LogP contribution in [0.3, 0.4) is 0 Å². The molecule has 0 bridgehead atoms. The number of hydrogen-bond donors (Lipinski definition) is 2. The van der Waals surface area contributed by atoms with Crippen LogP contribution in [-0.4, -0.2) is 33.4 Å². The Kier molecular flexibility index (Phi) is 5.88. The van der Waals surface area contributed by atoms with E-state index >= 15 is 0 Å². The maximum atomic E-state index is 12.3. The van der Waals surface area contributed by atoms with E-state index in [1.807, 2.05) is 0 Å². The number of halogens is 1. The molecule has 9 nitrogen and oxygen atoms in total. The quantitative estimate of drug-likeness (QED) is 0.245. The van der Waals surface area contributed by atoms with E-state index in [0.29, 0.717) is 17.8 Å². The van der Waals surface area contributed by atoms with Gasteiger partial charge in [0.15, 0.2) is 5.75 Å². The third kappa shape index (κ3) is 3.81. The summed E-state index contributed by atoms with van der Waals surface area (Å²) in [5.41, 5.74) is -0.770. The molecule has 0 aliphatic rings.